The maximum Gasteiger partial charge on any atom is 0.338 e. The molecule has 0 saturated carbocycles. The van der Waals surface area contributed by atoms with E-state index in [4.69, 9.17) is 10.5 Å². The van der Waals surface area contributed by atoms with Crippen molar-refractivity contribution in [2.45, 2.75) is 52.0 Å². The summed E-state index contributed by atoms with van der Waals surface area (Å²) in [6, 6.07) is 3.34. The maximum absolute atomic E-state index is 11.8. The van der Waals surface area contributed by atoms with Crippen LogP contribution in [0.1, 0.15) is 61.5 Å². The predicted octanol–water partition coefficient (Wildman–Crippen LogP) is 3.06. The molecule has 4 heteroatoms. The molecule has 0 fully saturated rings. The van der Waals surface area contributed by atoms with Crippen molar-refractivity contribution in [2.75, 3.05) is 6.61 Å². The van der Waals surface area contributed by atoms with Crippen molar-refractivity contribution in [1.82, 2.24) is 4.98 Å². The van der Waals surface area contributed by atoms with Crippen molar-refractivity contribution in [3.05, 3.63) is 29.6 Å². The normalized spacial score (nSPS) is 10.4. The number of rotatable bonds is 9. The molecule has 0 aliphatic rings. The molecular formula is C15H24N2O2. The molecule has 0 aliphatic carbocycles. The summed E-state index contributed by atoms with van der Waals surface area (Å²) in [6.45, 7) is 3.02. The first-order valence-electron chi connectivity index (χ1n) is 7.10. The molecule has 0 amide bonds. The van der Waals surface area contributed by atoms with Crippen LogP contribution in [0.25, 0.3) is 0 Å². The van der Waals surface area contributed by atoms with E-state index in [1.54, 1.807) is 18.3 Å². The SMILES string of the molecule is CCCCCCCCOC(=O)c1ccnc(CN)c1. The zero-order chi connectivity index (χ0) is 13.9. The predicted molar refractivity (Wildman–Crippen MR) is 75.8 cm³/mol. The Morgan fingerprint density at radius 2 is 2.00 bits per heavy atom. The molecule has 0 atom stereocenters. The van der Waals surface area contributed by atoms with Crippen molar-refractivity contribution in [2.24, 2.45) is 5.73 Å². The molecule has 0 radical (unpaired) electrons. The van der Waals surface area contributed by atoms with Crippen LogP contribution in [-0.4, -0.2) is 17.6 Å². The second kappa shape index (κ2) is 9.50. The summed E-state index contributed by atoms with van der Waals surface area (Å²) in [4.78, 5) is 15.8. The van der Waals surface area contributed by atoms with Gasteiger partial charge in [-0.15, -0.1) is 0 Å². The Hall–Kier alpha value is -1.42. The van der Waals surface area contributed by atoms with Crippen LogP contribution in [0.3, 0.4) is 0 Å². The quantitative estimate of drug-likeness (QED) is 0.550. The van der Waals surface area contributed by atoms with Crippen LogP contribution in [-0.2, 0) is 11.3 Å². The highest BCUT2D eigenvalue weighted by Gasteiger charge is 2.07. The number of hydrogen-bond donors (Lipinski definition) is 1. The van der Waals surface area contributed by atoms with Gasteiger partial charge in [0.05, 0.1) is 17.9 Å². The summed E-state index contributed by atoms with van der Waals surface area (Å²) in [5.41, 5.74) is 6.72. The molecule has 0 bridgehead atoms. The number of nitrogens with zero attached hydrogens (tertiary/aromatic N) is 1. The number of ether oxygens (including phenoxy) is 1. The zero-order valence-electron chi connectivity index (χ0n) is 11.7. The lowest BCUT2D eigenvalue weighted by Crippen LogP contribution is -2.08. The second-order valence-electron chi connectivity index (χ2n) is 4.64. The van der Waals surface area contributed by atoms with Gasteiger partial charge in [0.1, 0.15) is 0 Å². The minimum absolute atomic E-state index is 0.286. The molecule has 1 heterocycles. The fourth-order valence-corrected chi connectivity index (χ4v) is 1.85. The lowest BCUT2D eigenvalue weighted by molar-refractivity contribution is 0.0497. The van der Waals surface area contributed by atoms with Crippen LogP contribution in [0.4, 0.5) is 0 Å². The van der Waals surface area contributed by atoms with E-state index in [2.05, 4.69) is 11.9 Å². The lowest BCUT2D eigenvalue weighted by Gasteiger charge is -2.05. The highest BCUT2D eigenvalue weighted by molar-refractivity contribution is 5.89. The fourth-order valence-electron chi connectivity index (χ4n) is 1.85. The van der Waals surface area contributed by atoms with E-state index >= 15 is 0 Å². The Morgan fingerprint density at radius 3 is 2.74 bits per heavy atom. The van der Waals surface area contributed by atoms with E-state index in [1.165, 1.54) is 25.7 Å². The smallest absolute Gasteiger partial charge is 0.338 e. The van der Waals surface area contributed by atoms with Gasteiger partial charge in [0.15, 0.2) is 0 Å². The van der Waals surface area contributed by atoms with E-state index in [0.717, 1.165) is 12.8 Å². The van der Waals surface area contributed by atoms with Gasteiger partial charge in [-0.1, -0.05) is 39.0 Å². The fraction of sp³-hybridized carbons (Fsp3) is 0.600. The van der Waals surface area contributed by atoms with Crippen LogP contribution < -0.4 is 5.73 Å². The van der Waals surface area contributed by atoms with E-state index in [9.17, 15) is 4.79 Å². The Bertz CT molecular complexity index is 380. The molecule has 106 valence electrons. The maximum atomic E-state index is 11.8. The summed E-state index contributed by atoms with van der Waals surface area (Å²) in [6.07, 6.45) is 8.68. The number of nitrogens with two attached hydrogens (primary N) is 1. The van der Waals surface area contributed by atoms with E-state index in [0.29, 0.717) is 24.4 Å². The Balaban J connectivity index is 2.20. The van der Waals surface area contributed by atoms with E-state index in [1.807, 2.05) is 0 Å². The number of unbranched alkanes of at least 4 members (excludes halogenated alkanes) is 5. The summed E-state index contributed by atoms with van der Waals surface area (Å²) in [5, 5.41) is 0. The number of carbonyl (C=O) groups excluding carboxylic acids is 1. The third kappa shape index (κ3) is 6.34. The number of aromatic nitrogens is 1. The Morgan fingerprint density at radius 1 is 1.26 bits per heavy atom. The van der Waals surface area contributed by atoms with Crippen molar-refractivity contribution < 1.29 is 9.53 Å². The minimum Gasteiger partial charge on any atom is -0.462 e. The Kier molecular flexibility index (Phi) is 7.82. The molecule has 4 nitrogen and oxygen atoms in total. The van der Waals surface area contributed by atoms with Gasteiger partial charge in [0, 0.05) is 12.7 Å². The highest BCUT2D eigenvalue weighted by atomic mass is 16.5. The molecule has 0 spiro atoms. The third-order valence-corrected chi connectivity index (χ3v) is 2.99. The van der Waals surface area contributed by atoms with Crippen LogP contribution in [0, 0.1) is 0 Å². The molecule has 0 aromatic carbocycles. The highest BCUT2D eigenvalue weighted by Crippen LogP contribution is 2.07. The second-order valence-corrected chi connectivity index (χ2v) is 4.64. The monoisotopic (exact) mass is 264 g/mol. The standard InChI is InChI=1S/C15H24N2O2/c1-2-3-4-5-6-7-10-19-15(18)13-8-9-17-14(11-13)12-16/h8-9,11H,2-7,10,12,16H2,1H3. The first kappa shape index (κ1) is 15.6. The lowest BCUT2D eigenvalue weighted by atomic mass is 10.1. The van der Waals surface area contributed by atoms with Crippen molar-refractivity contribution in [1.29, 1.82) is 0 Å². The number of hydrogen-bond acceptors (Lipinski definition) is 4. The first-order valence-corrected chi connectivity index (χ1v) is 7.10. The molecule has 1 rings (SSSR count). The average molecular weight is 264 g/mol. The van der Waals surface area contributed by atoms with Crippen LogP contribution in [0.5, 0.6) is 0 Å². The van der Waals surface area contributed by atoms with Gasteiger partial charge < -0.3 is 10.5 Å². The van der Waals surface area contributed by atoms with Crippen molar-refractivity contribution >= 4 is 5.97 Å². The van der Waals surface area contributed by atoms with Gasteiger partial charge in [-0.3, -0.25) is 4.98 Å². The van der Waals surface area contributed by atoms with Crippen LogP contribution in [0.2, 0.25) is 0 Å². The summed E-state index contributed by atoms with van der Waals surface area (Å²) in [5.74, 6) is -0.286. The van der Waals surface area contributed by atoms with Gasteiger partial charge in [-0.05, 0) is 18.6 Å². The zero-order valence-corrected chi connectivity index (χ0v) is 11.7. The minimum atomic E-state index is -0.286. The summed E-state index contributed by atoms with van der Waals surface area (Å²) >= 11 is 0. The first-order chi connectivity index (χ1) is 9.27. The molecule has 1 aromatic heterocycles. The Labute approximate surface area is 115 Å². The van der Waals surface area contributed by atoms with Crippen molar-refractivity contribution in [3.8, 4) is 0 Å². The van der Waals surface area contributed by atoms with Crippen molar-refractivity contribution in [3.63, 3.8) is 0 Å². The van der Waals surface area contributed by atoms with Gasteiger partial charge in [0.2, 0.25) is 0 Å². The molecule has 19 heavy (non-hydrogen) atoms. The average Bonchev–Trinajstić information content (AvgIpc) is 2.46. The number of pyridine rings is 1. The van der Waals surface area contributed by atoms with Gasteiger partial charge >= 0.3 is 5.97 Å². The van der Waals surface area contributed by atoms with E-state index < -0.39 is 0 Å². The number of carbonyl (C=O) groups is 1. The topological polar surface area (TPSA) is 65.2 Å². The van der Waals surface area contributed by atoms with Gasteiger partial charge in [0.25, 0.3) is 0 Å². The summed E-state index contributed by atoms with van der Waals surface area (Å²) in [7, 11) is 0. The summed E-state index contributed by atoms with van der Waals surface area (Å²) < 4.78 is 5.23. The van der Waals surface area contributed by atoms with Crippen LogP contribution >= 0.6 is 0 Å². The van der Waals surface area contributed by atoms with Gasteiger partial charge in [-0.2, -0.15) is 0 Å². The molecule has 0 aliphatic heterocycles. The van der Waals surface area contributed by atoms with Crippen LogP contribution in [0.15, 0.2) is 18.3 Å². The van der Waals surface area contributed by atoms with Gasteiger partial charge in [-0.25, -0.2) is 4.79 Å². The molecule has 1 aromatic rings. The largest absolute Gasteiger partial charge is 0.462 e. The third-order valence-electron chi connectivity index (χ3n) is 2.99. The van der Waals surface area contributed by atoms with E-state index in [-0.39, 0.29) is 5.97 Å². The molecule has 0 unspecified atom stereocenters. The molecule has 0 saturated heterocycles. The number of esters is 1. The molecular weight excluding hydrogens is 240 g/mol. The molecule has 2 N–H and O–H groups in total.